The molecule has 4 rings (SSSR count). The topological polar surface area (TPSA) is 29.5 Å². The zero-order valence-electron chi connectivity index (χ0n) is 12.2. The number of para-hydroxylation sites is 2. The van der Waals surface area contributed by atoms with E-state index in [0.29, 0.717) is 17.9 Å². The summed E-state index contributed by atoms with van der Waals surface area (Å²) in [4.78, 5) is 14.9. The first-order valence-electron chi connectivity index (χ1n) is 7.60. The van der Waals surface area contributed by atoms with E-state index in [2.05, 4.69) is 13.8 Å². The third kappa shape index (κ3) is 1.68. The minimum atomic E-state index is -0.314. The van der Waals surface area contributed by atoms with Crippen molar-refractivity contribution in [3.63, 3.8) is 0 Å². The van der Waals surface area contributed by atoms with E-state index in [0.717, 1.165) is 17.9 Å². The van der Waals surface area contributed by atoms with Crippen molar-refractivity contribution in [2.75, 3.05) is 11.4 Å². The van der Waals surface area contributed by atoms with Gasteiger partial charge in [-0.3, -0.25) is 4.79 Å². The maximum absolute atomic E-state index is 12.9. The van der Waals surface area contributed by atoms with E-state index in [9.17, 15) is 4.79 Å². The van der Waals surface area contributed by atoms with Crippen LogP contribution in [0.15, 0.2) is 24.3 Å². The largest absolute Gasteiger partial charge is 0.484 e. The average molecular weight is 271 g/mol. The molecule has 106 valence electrons. The fraction of sp³-hybridized carbons (Fsp3) is 0.588. The van der Waals surface area contributed by atoms with Crippen LogP contribution in [-0.4, -0.2) is 18.1 Å². The Balaban J connectivity index is 1.65. The van der Waals surface area contributed by atoms with Gasteiger partial charge in [-0.25, -0.2) is 0 Å². The van der Waals surface area contributed by atoms with Gasteiger partial charge < -0.3 is 9.64 Å². The number of benzene rings is 1. The number of carbonyl (C=O) groups excluding carboxylic acids is 1. The summed E-state index contributed by atoms with van der Waals surface area (Å²) >= 11 is 0. The number of rotatable bonds is 1. The van der Waals surface area contributed by atoms with Crippen LogP contribution in [0.2, 0.25) is 0 Å². The summed E-state index contributed by atoms with van der Waals surface area (Å²) in [7, 11) is 0. The number of anilines is 1. The third-order valence-electron chi connectivity index (χ3n) is 5.18. The Bertz CT molecular complexity index is 574. The second-order valence-electron chi connectivity index (χ2n) is 7.23. The van der Waals surface area contributed by atoms with E-state index in [1.165, 1.54) is 19.3 Å². The molecule has 0 saturated heterocycles. The van der Waals surface area contributed by atoms with E-state index < -0.39 is 0 Å². The molecule has 20 heavy (non-hydrogen) atoms. The van der Waals surface area contributed by atoms with Gasteiger partial charge in [0.25, 0.3) is 0 Å². The maximum atomic E-state index is 12.9. The number of amides is 1. The molecule has 1 spiro atoms. The summed E-state index contributed by atoms with van der Waals surface area (Å²) < 4.78 is 6.00. The van der Waals surface area contributed by atoms with Crippen LogP contribution in [0.3, 0.4) is 0 Å². The summed E-state index contributed by atoms with van der Waals surface area (Å²) in [6.45, 7) is 4.75. The minimum Gasteiger partial charge on any atom is -0.484 e. The second kappa shape index (κ2) is 3.78. The van der Waals surface area contributed by atoms with Crippen molar-refractivity contribution >= 4 is 11.6 Å². The summed E-state index contributed by atoms with van der Waals surface area (Å²) in [6.07, 6.45) is 4.90. The number of nitrogens with zero attached hydrogens (tertiary/aromatic N) is 1. The van der Waals surface area contributed by atoms with Crippen molar-refractivity contribution in [1.82, 2.24) is 0 Å². The summed E-state index contributed by atoms with van der Waals surface area (Å²) in [5, 5.41) is 0. The Morgan fingerprint density at radius 2 is 2.05 bits per heavy atom. The highest BCUT2D eigenvalue weighted by atomic mass is 16.5. The molecule has 3 heteroatoms. The Hall–Kier alpha value is -1.51. The molecular weight excluding hydrogens is 250 g/mol. The van der Waals surface area contributed by atoms with Gasteiger partial charge in [0.1, 0.15) is 11.4 Å². The standard InChI is InChI=1S/C17H21NO2/c1-16(2)11-18(13-6-3-4-7-14(13)20-16)15(19)12-10-17(12)8-5-9-17/h3-4,6-7,12H,5,8-11H2,1-2H3. The molecule has 1 atom stereocenters. The number of carbonyl (C=O) groups is 1. The zero-order valence-corrected chi connectivity index (χ0v) is 12.2. The summed E-state index contributed by atoms with van der Waals surface area (Å²) in [5.41, 5.74) is 1.01. The Morgan fingerprint density at radius 3 is 2.70 bits per heavy atom. The fourth-order valence-corrected chi connectivity index (χ4v) is 3.83. The molecule has 2 aliphatic carbocycles. The van der Waals surface area contributed by atoms with E-state index in [1.807, 2.05) is 29.2 Å². The van der Waals surface area contributed by atoms with Gasteiger partial charge in [-0.1, -0.05) is 18.6 Å². The third-order valence-corrected chi connectivity index (χ3v) is 5.18. The lowest BCUT2D eigenvalue weighted by atomic mass is 9.79. The van der Waals surface area contributed by atoms with Crippen molar-refractivity contribution in [3.05, 3.63) is 24.3 Å². The van der Waals surface area contributed by atoms with Crippen LogP contribution in [0.1, 0.15) is 39.5 Å². The highest BCUT2D eigenvalue weighted by molar-refractivity contribution is 5.99. The SMILES string of the molecule is CC1(C)CN(C(=O)C2CC23CCC3)c2ccccc2O1. The average Bonchev–Trinajstić information content (AvgIpc) is 3.11. The fourth-order valence-electron chi connectivity index (χ4n) is 3.83. The Morgan fingerprint density at radius 1 is 1.30 bits per heavy atom. The molecule has 0 radical (unpaired) electrons. The van der Waals surface area contributed by atoms with Crippen molar-refractivity contribution in [3.8, 4) is 5.75 Å². The number of fused-ring (bicyclic) bond motifs is 1. The van der Waals surface area contributed by atoms with Gasteiger partial charge in [0, 0.05) is 5.92 Å². The lowest BCUT2D eigenvalue weighted by Gasteiger charge is -2.40. The van der Waals surface area contributed by atoms with Gasteiger partial charge in [0.15, 0.2) is 0 Å². The zero-order chi connectivity index (χ0) is 14.0. The molecule has 2 saturated carbocycles. The highest BCUT2D eigenvalue weighted by Crippen LogP contribution is 2.66. The van der Waals surface area contributed by atoms with Crippen molar-refractivity contribution in [2.24, 2.45) is 11.3 Å². The predicted octanol–water partition coefficient (Wildman–Crippen LogP) is 3.38. The van der Waals surface area contributed by atoms with Crippen LogP contribution >= 0.6 is 0 Å². The minimum absolute atomic E-state index is 0.262. The van der Waals surface area contributed by atoms with Crippen LogP contribution in [0.5, 0.6) is 5.75 Å². The molecule has 3 nitrogen and oxygen atoms in total. The lowest BCUT2D eigenvalue weighted by molar-refractivity contribution is -0.122. The van der Waals surface area contributed by atoms with Crippen LogP contribution in [-0.2, 0) is 4.79 Å². The normalized spacial score (nSPS) is 28.3. The molecule has 1 aromatic carbocycles. The molecule has 3 aliphatic rings. The van der Waals surface area contributed by atoms with E-state index in [-0.39, 0.29) is 11.5 Å². The summed E-state index contributed by atoms with van der Waals surface area (Å²) in [5.74, 6) is 1.41. The second-order valence-corrected chi connectivity index (χ2v) is 7.23. The van der Waals surface area contributed by atoms with E-state index in [1.54, 1.807) is 0 Å². The van der Waals surface area contributed by atoms with Crippen LogP contribution in [0.4, 0.5) is 5.69 Å². The van der Waals surface area contributed by atoms with Crippen LogP contribution in [0.25, 0.3) is 0 Å². The van der Waals surface area contributed by atoms with Crippen LogP contribution in [0, 0.1) is 11.3 Å². The predicted molar refractivity (Wildman–Crippen MR) is 77.9 cm³/mol. The lowest BCUT2D eigenvalue weighted by Crippen LogP contribution is -2.50. The van der Waals surface area contributed by atoms with Gasteiger partial charge in [-0.15, -0.1) is 0 Å². The molecule has 0 bridgehead atoms. The van der Waals surface area contributed by atoms with Crippen molar-refractivity contribution < 1.29 is 9.53 Å². The summed E-state index contributed by atoms with van der Waals surface area (Å²) in [6, 6.07) is 7.90. The molecular formula is C17H21NO2. The first-order valence-corrected chi connectivity index (χ1v) is 7.60. The van der Waals surface area contributed by atoms with Gasteiger partial charge in [-0.2, -0.15) is 0 Å². The van der Waals surface area contributed by atoms with Crippen molar-refractivity contribution in [1.29, 1.82) is 0 Å². The maximum Gasteiger partial charge on any atom is 0.230 e. The molecule has 0 aromatic heterocycles. The molecule has 0 N–H and O–H groups in total. The first kappa shape index (κ1) is 12.2. The molecule has 1 unspecified atom stereocenters. The first-order chi connectivity index (χ1) is 9.51. The quantitative estimate of drug-likeness (QED) is 0.783. The molecule has 2 fully saturated rings. The highest BCUT2D eigenvalue weighted by Gasteiger charge is 2.62. The van der Waals surface area contributed by atoms with Gasteiger partial charge in [0.2, 0.25) is 5.91 Å². The smallest absolute Gasteiger partial charge is 0.230 e. The van der Waals surface area contributed by atoms with E-state index in [4.69, 9.17) is 4.74 Å². The molecule has 1 aliphatic heterocycles. The molecule has 1 amide bonds. The Kier molecular flexibility index (Phi) is 2.31. The van der Waals surface area contributed by atoms with Gasteiger partial charge >= 0.3 is 0 Å². The van der Waals surface area contributed by atoms with Crippen molar-refractivity contribution in [2.45, 2.75) is 45.1 Å². The number of hydrogen-bond donors (Lipinski definition) is 0. The molecule has 1 heterocycles. The van der Waals surface area contributed by atoms with E-state index >= 15 is 0 Å². The van der Waals surface area contributed by atoms with Crippen LogP contribution < -0.4 is 9.64 Å². The van der Waals surface area contributed by atoms with Gasteiger partial charge in [-0.05, 0) is 50.7 Å². The number of hydrogen-bond acceptors (Lipinski definition) is 2. The Labute approximate surface area is 119 Å². The number of ether oxygens (including phenoxy) is 1. The molecule has 1 aromatic rings. The monoisotopic (exact) mass is 271 g/mol. The van der Waals surface area contributed by atoms with Gasteiger partial charge in [0.05, 0.1) is 12.2 Å².